The number of nitrogens with zero attached hydrogens (tertiary/aromatic N) is 4. The molecule has 1 aromatic carbocycles. The molecule has 6 atom stereocenters. The molecule has 2 fully saturated rings. The molecule has 3 heterocycles. The average Bonchev–Trinajstić information content (AvgIpc) is 3.46. The van der Waals surface area contributed by atoms with Gasteiger partial charge in [0.1, 0.15) is 35.5 Å². The van der Waals surface area contributed by atoms with Crippen molar-refractivity contribution in [3.63, 3.8) is 0 Å². The van der Waals surface area contributed by atoms with E-state index in [1.54, 1.807) is 19.1 Å². The fourth-order valence-electron chi connectivity index (χ4n) is 5.66. The van der Waals surface area contributed by atoms with Crippen LogP contribution < -0.4 is 0 Å². The zero-order chi connectivity index (χ0) is 31.1. The highest BCUT2D eigenvalue weighted by atomic mass is 32.2. The van der Waals surface area contributed by atoms with E-state index in [0.29, 0.717) is 11.3 Å². The van der Waals surface area contributed by atoms with Crippen molar-refractivity contribution in [3.05, 3.63) is 65.4 Å². The van der Waals surface area contributed by atoms with E-state index in [-0.39, 0.29) is 24.1 Å². The van der Waals surface area contributed by atoms with E-state index in [1.807, 2.05) is 0 Å². The van der Waals surface area contributed by atoms with Gasteiger partial charge in [-0.25, -0.2) is 26.6 Å². The normalized spacial score (nSPS) is 27.6. The lowest BCUT2D eigenvalue weighted by Crippen LogP contribution is -2.56. The van der Waals surface area contributed by atoms with Crippen LogP contribution in [0.5, 0.6) is 0 Å². The molecule has 3 N–H and O–H groups in total. The van der Waals surface area contributed by atoms with Crippen LogP contribution in [0.1, 0.15) is 48.2 Å². The number of aromatic nitrogens is 4. The quantitative estimate of drug-likeness (QED) is 0.249. The Bertz CT molecular complexity index is 1440. The number of halogens is 5. The molecule has 0 amide bonds. The lowest BCUT2D eigenvalue weighted by Gasteiger charge is -2.47. The summed E-state index contributed by atoms with van der Waals surface area (Å²) in [6, 6.07) is 4.14. The van der Waals surface area contributed by atoms with Gasteiger partial charge in [-0.2, -0.15) is 0 Å². The summed E-state index contributed by atoms with van der Waals surface area (Å²) < 4.78 is 83.1. The Balaban J connectivity index is 1.51. The molecule has 1 aliphatic carbocycles. The highest BCUT2D eigenvalue weighted by Gasteiger charge is 2.53. The second kappa shape index (κ2) is 12.4. The summed E-state index contributed by atoms with van der Waals surface area (Å²) in [6.45, 7) is 1.15. The van der Waals surface area contributed by atoms with Crippen molar-refractivity contribution in [2.75, 3.05) is 13.7 Å². The zero-order valence-electron chi connectivity index (χ0n) is 23.2. The summed E-state index contributed by atoms with van der Waals surface area (Å²) >= 11 is 1.06. The summed E-state index contributed by atoms with van der Waals surface area (Å²) in [5.41, 5.74) is -1.97. The van der Waals surface area contributed by atoms with E-state index < -0.39 is 83.5 Å². The first-order valence-electron chi connectivity index (χ1n) is 13.6. The van der Waals surface area contributed by atoms with Crippen molar-refractivity contribution in [2.24, 2.45) is 0 Å². The fourth-order valence-corrected chi connectivity index (χ4v) is 7.42. The number of thioether (sulfide) groups is 1. The lowest BCUT2D eigenvalue weighted by molar-refractivity contribution is -0.186. The fraction of sp³-hybridized carbons (Fsp3) is 0.536. The molecule has 1 saturated heterocycles. The van der Waals surface area contributed by atoms with Crippen LogP contribution in [0.4, 0.5) is 22.0 Å². The highest BCUT2D eigenvalue weighted by Crippen LogP contribution is 2.53. The lowest BCUT2D eigenvalue weighted by atomic mass is 9.79. The molecule has 0 spiro atoms. The topological polar surface area (TPSA) is 123 Å². The van der Waals surface area contributed by atoms with Gasteiger partial charge in [0, 0.05) is 31.7 Å². The van der Waals surface area contributed by atoms with Crippen molar-refractivity contribution >= 4 is 11.8 Å². The van der Waals surface area contributed by atoms with Crippen molar-refractivity contribution in [1.82, 2.24) is 20.0 Å². The molecule has 9 nitrogen and oxygen atoms in total. The molecule has 1 saturated carbocycles. The Labute approximate surface area is 248 Å². The van der Waals surface area contributed by atoms with Crippen LogP contribution in [0.25, 0.3) is 11.3 Å². The third-order valence-electron chi connectivity index (χ3n) is 8.13. The number of aliphatic hydroxyl groups is 3. The summed E-state index contributed by atoms with van der Waals surface area (Å²) in [6.07, 6.45) is -2.35. The van der Waals surface area contributed by atoms with Crippen LogP contribution in [0, 0.1) is 24.4 Å². The van der Waals surface area contributed by atoms with Crippen LogP contribution in [-0.2, 0) is 9.47 Å². The number of benzene rings is 1. The molecule has 2 aliphatic rings. The van der Waals surface area contributed by atoms with E-state index in [0.717, 1.165) is 28.6 Å². The molecule has 1 aliphatic heterocycles. The van der Waals surface area contributed by atoms with E-state index in [2.05, 4.69) is 15.3 Å². The van der Waals surface area contributed by atoms with Crippen molar-refractivity contribution in [2.45, 2.75) is 79.2 Å². The third kappa shape index (κ3) is 6.15. The Morgan fingerprint density at radius 2 is 1.86 bits per heavy atom. The zero-order valence-corrected chi connectivity index (χ0v) is 24.0. The molecular formula is C28H31F5N4O5S. The van der Waals surface area contributed by atoms with E-state index in [4.69, 9.17) is 9.47 Å². The molecule has 2 aromatic heterocycles. The standard InChI is InChI=1S/C28H31F5N4O5S/c1-14-4-3-11-34-21(14)25(27(40)7-9-28(32,33)10-8-27)43-26-24(41-2)22(23(39)18(13-38)42-26)37-12-17(35-36-37)15-5-6-16(29)20(31)19(15)30/h3-6,11-12,18,22-26,38-40H,7-10,13H2,1-2H3/t18-,22+,23+,24-,25?,26+/m1/s1. The summed E-state index contributed by atoms with van der Waals surface area (Å²) in [4.78, 5) is 4.46. The number of alkyl halides is 2. The van der Waals surface area contributed by atoms with E-state index >= 15 is 0 Å². The predicted octanol–water partition coefficient (Wildman–Crippen LogP) is 4.11. The van der Waals surface area contributed by atoms with Gasteiger partial charge in [-0.1, -0.05) is 11.3 Å². The molecule has 3 aromatic rings. The maximum Gasteiger partial charge on any atom is 0.248 e. The maximum absolute atomic E-state index is 14.5. The molecule has 0 bridgehead atoms. The Kier molecular flexibility index (Phi) is 9.12. The number of ether oxygens (including phenoxy) is 2. The largest absolute Gasteiger partial charge is 0.394 e. The van der Waals surface area contributed by atoms with E-state index in [1.165, 1.54) is 19.5 Å². The molecular weight excluding hydrogens is 599 g/mol. The SMILES string of the molecule is CO[C@@H]1[C@@H](n2cc(-c3ccc(F)c(F)c3F)nn2)[C@@H](O)[C@@H](CO)O[C@H]1SC(c1ncccc1C)C1(O)CCC(F)(F)CC1. The first-order valence-corrected chi connectivity index (χ1v) is 14.5. The Morgan fingerprint density at radius 3 is 2.51 bits per heavy atom. The minimum atomic E-state index is -2.91. The van der Waals surface area contributed by atoms with E-state index in [9.17, 15) is 37.3 Å². The molecule has 5 rings (SSSR count). The van der Waals surface area contributed by atoms with Crippen LogP contribution in [0.15, 0.2) is 36.7 Å². The molecule has 234 valence electrons. The minimum absolute atomic E-state index is 0.158. The number of rotatable bonds is 8. The molecule has 0 radical (unpaired) electrons. The number of pyridine rings is 1. The van der Waals surface area contributed by atoms with Gasteiger partial charge in [-0.3, -0.25) is 4.98 Å². The van der Waals surface area contributed by atoms with Gasteiger partial charge in [-0.15, -0.1) is 16.9 Å². The van der Waals surface area contributed by atoms with Gasteiger partial charge in [-0.05, 0) is 43.5 Å². The van der Waals surface area contributed by atoms with Gasteiger partial charge in [0.2, 0.25) is 5.92 Å². The molecule has 1 unspecified atom stereocenters. The summed E-state index contributed by atoms with van der Waals surface area (Å²) in [5.74, 6) is -7.44. The van der Waals surface area contributed by atoms with Crippen LogP contribution in [0.2, 0.25) is 0 Å². The summed E-state index contributed by atoms with van der Waals surface area (Å²) in [7, 11) is 1.34. The minimum Gasteiger partial charge on any atom is -0.394 e. The van der Waals surface area contributed by atoms with Gasteiger partial charge in [0.05, 0.1) is 29.3 Å². The molecule has 15 heteroatoms. The number of aryl methyl sites for hydroxylation is 1. The first-order chi connectivity index (χ1) is 20.4. The predicted molar refractivity (Wildman–Crippen MR) is 145 cm³/mol. The van der Waals surface area contributed by atoms with Crippen molar-refractivity contribution < 1.29 is 46.7 Å². The van der Waals surface area contributed by atoms with Gasteiger partial charge in [0.15, 0.2) is 17.5 Å². The average molecular weight is 631 g/mol. The number of aliphatic hydroxyl groups excluding tert-OH is 2. The van der Waals surface area contributed by atoms with Crippen LogP contribution in [-0.4, -0.2) is 84.3 Å². The second-order valence-corrected chi connectivity index (χ2v) is 12.1. The van der Waals surface area contributed by atoms with Crippen LogP contribution >= 0.6 is 11.8 Å². The Hall–Kier alpha value is -2.69. The number of hydrogen-bond donors (Lipinski definition) is 3. The van der Waals surface area contributed by atoms with Gasteiger partial charge in [0.25, 0.3) is 0 Å². The van der Waals surface area contributed by atoms with Crippen molar-refractivity contribution in [3.8, 4) is 11.3 Å². The number of methoxy groups -OCH3 is 1. The number of hydrogen-bond acceptors (Lipinski definition) is 9. The van der Waals surface area contributed by atoms with Crippen LogP contribution in [0.3, 0.4) is 0 Å². The van der Waals surface area contributed by atoms with Crippen molar-refractivity contribution in [1.29, 1.82) is 0 Å². The van der Waals surface area contributed by atoms with Gasteiger partial charge >= 0.3 is 0 Å². The maximum atomic E-state index is 14.5. The molecule has 43 heavy (non-hydrogen) atoms. The summed E-state index contributed by atoms with van der Waals surface area (Å²) in [5, 5.41) is 40.0. The highest BCUT2D eigenvalue weighted by molar-refractivity contribution is 8.00. The third-order valence-corrected chi connectivity index (χ3v) is 9.71. The monoisotopic (exact) mass is 630 g/mol. The van der Waals surface area contributed by atoms with Gasteiger partial charge < -0.3 is 24.8 Å². The smallest absolute Gasteiger partial charge is 0.248 e. The first kappa shape index (κ1) is 31.7. The Morgan fingerprint density at radius 1 is 1.14 bits per heavy atom. The second-order valence-electron chi connectivity index (χ2n) is 10.9.